The van der Waals surface area contributed by atoms with Crippen LogP contribution < -0.4 is 0 Å². The van der Waals surface area contributed by atoms with Crippen molar-refractivity contribution in [1.82, 2.24) is 0 Å². The maximum Gasteiger partial charge on any atom is 0.309 e. The predicted molar refractivity (Wildman–Crippen MR) is 58.7 cm³/mol. The van der Waals surface area contributed by atoms with Crippen molar-refractivity contribution >= 4 is 5.97 Å². The third-order valence-corrected chi connectivity index (χ3v) is 2.91. The minimum Gasteiger partial charge on any atom is -0.466 e. The van der Waals surface area contributed by atoms with Gasteiger partial charge in [-0.2, -0.15) is 0 Å². The molecule has 0 N–H and O–H groups in total. The highest BCUT2D eigenvalue weighted by molar-refractivity contribution is 5.77. The third kappa shape index (κ3) is 2.23. The van der Waals surface area contributed by atoms with Crippen molar-refractivity contribution in [2.45, 2.75) is 25.9 Å². The van der Waals surface area contributed by atoms with Gasteiger partial charge in [0.1, 0.15) is 6.67 Å². The normalized spacial score (nSPS) is 22.9. The van der Waals surface area contributed by atoms with Gasteiger partial charge in [-0.3, -0.25) is 4.79 Å². The molecule has 0 heterocycles. The first-order valence-corrected chi connectivity index (χ1v) is 5.57. The van der Waals surface area contributed by atoms with Gasteiger partial charge in [0.15, 0.2) is 0 Å². The van der Waals surface area contributed by atoms with Gasteiger partial charge in [0.25, 0.3) is 0 Å². The topological polar surface area (TPSA) is 26.3 Å². The number of carbonyl (C=O) groups excluding carboxylic acids is 1. The van der Waals surface area contributed by atoms with Crippen LogP contribution in [0.5, 0.6) is 0 Å². The summed E-state index contributed by atoms with van der Waals surface area (Å²) in [4.78, 5) is 11.4. The highest BCUT2D eigenvalue weighted by Crippen LogP contribution is 2.48. The van der Waals surface area contributed by atoms with Crippen LogP contribution in [0.25, 0.3) is 0 Å². The van der Waals surface area contributed by atoms with Crippen LogP contribution in [0.2, 0.25) is 0 Å². The first-order valence-electron chi connectivity index (χ1n) is 5.57. The highest BCUT2D eigenvalue weighted by Gasteiger charge is 2.45. The van der Waals surface area contributed by atoms with Gasteiger partial charge in [-0.1, -0.05) is 24.3 Å². The molecular weight excluding hydrogens is 207 g/mol. The quantitative estimate of drug-likeness (QED) is 0.732. The van der Waals surface area contributed by atoms with Crippen molar-refractivity contribution in [2.75, 3.05) is 6.61 Å². The zero-order chi connectivity index (χ0) is 11.5. The molecule has 2 nitrogen and oxygen atoms in total. The van der Waals surface area contributed by atoms with Crippen molar-refractivity contribution in [3.8, 4) is 0 Å². The average molecular weight is 222 g/mol. The second-order valence-corrected chi connectivity index (χ2v) is 4.08. The van der Waals surface area contributed by atoms with Gasteiger partial charge in [-0.25, -0.2) is 4.39 Å². The molecule has 0 unspecified atom stereocenters. The van der Waals surface area contributed by atoms with Crippen LogP contribution in [0, 0.1) is 5.92 Å². The fourth-order valence-corrected chi connectivity index (χ4v) is 1.98. The number of carbonyl (C=O) groups is 1. The van der Waals surface area contributed by atoms with Crippen LogP contribution in [-0.2, 0) is 16.2 Å². The largest absolute Gasteiger partial charge is 0.466 e. The molecule has 0 bridgehead atoms. The zero-order valence-electron chi connectivity index (χ0n) is 9.28. The van der Waals surface area contributed by atoms with E-state index in [1.54, 1.807) is 13.0 Å². The molecule has 0 aliphatic heterocycles. The van der Waals surface area contributed by atoms with Crippen LogP contribution in [0.4, 0.5) is 4.39 Å². The van der Waals surface area contributed by atoms with Gasteiger partial charge < -0.3 is 4.74 Å². The summed E-state index contributed by atoms with van der Waals surface area (Å²) < 4.78 is 17.4. The summed E-state index contributed by atoms with van der Waals surface area (Å²) in [5.41, 5.74) is 1.72. The van der Waals surface area contributed by atoms with E-state index >= 15 is 0 Å². The summed E-state index contributed by atoms with van der Waals surface area (Å²) in [6.45, 7) is 1.77. The van der Waals surface area contributed by atoms with Crippen LogP contribution in [0.3, 0.4) is 0 Å². The van der Waals surface area contributed by atoms with E-state index in [1.165, 1.54) is 0 Å². The number of benzene rings is 1. The predicted octanol–water partition coefficient (Wildman–Crippen LogP) is 2.82. The molecule has 0 aromatic heterocycles. The summed E-state index contributed by atoms with van der Waals surface area (Å²) >= 11 is 0. The molecule has 1 aromatic rings. The van der Waals surface area contributed by atoms with Gasteiger partial charge in [0, 0.05) is 0 Å². The Morgan fingerprint density at radius 1 is 1.56 bits per heavy atom. The van der Waals surface area contributed by atoms with Crippen LogP contribution in [0.1, 0.15) is 30.4 Å². The van der Waals surface area contributed by atoms with E-state index in [0.717, 1.165) is 12.0 Å². The molecule has 1 saturated carbocycles. The van der Waals surface area contributed by atoms with E-state index in [1.807, 2.05) is 18.2 Å². The van der Waals surface area contributed by atoms with E-state index in [9.17, 15) is 9.18 Å². The molecule has 0 spiro atoms. The molecule has 0 saturated heterocycles. The minimum atomic E-state index is -0.454. The van der Waals surface area contributed by atoms with Gasteiger partial charge in [-0.15, -0.1) is 0 Å². The third-order valence-electron chi connectivity index (χ3n) is 2.91. The lowest BCUT2D eigenvalue weighted by Gasteiger charge is -2.02. The monoisotopic (exact) mass is 222 g/mol. The number of esters is 1. The first-order chi connectivity index (χ1) is 7.76. The Kier molecular flexibility index (Phi) is 3.22. The van der Waals surface area contributed by atoms with Crippen molar-refractivity contribution in [3.05, 3.63) is 35.4 Å². The number of alkyl halides is 1. The van der Waals surface area contributed by atoms with Crippen LogP contribution >= 0.6 is 0 Å². The van der Waals surface area contributed by atoms with E-state index in [-0.39, 0.29) is 17.8 Å². The lowest BCUT2D eigenvalue weighted by atomic mass is 10.1. The van der Waals surface area contributed by atoms with Gasteiger partial charge in [-0.05, 0) is 30.4 Å². The molecule has 1 aliphatic rings. The second kappa shape index (κ2) is 4.64. The van der Waals surface area contributed by atoms with Crippen LogP contribution in [0.15, 0.2) is 24.3 Å². The summed E-state index contributed by atoms with van der Waals surface area (Å²) in [5, 5.41) is 0. The van der Waals surface area contributed by atoms with Crippen molar-refractivity contribution in [2.24, 2.45) is 5.92 Å². The Labute approximate surface area is 94.4 Å². The van der Waals surface area contributed by atoms with Gasteiger partial charge in [0.2, 0.25) is 0 Å². The molecule has 1 aliphatic carbocycles. The Hall–Kier alpha value is -1.38. The number of ether oxygens (including phenoxy) is 1. The zero-order valence-corrected chi connectivity index (χ0v) is 9.28. The lowest BCUT2D eigenvalue weighted by Crippen LogP contribution is -2.07. The number of hydrogen-bond donors (Lipinski definition) is 0. The number of hydrogen-bond acceptors (Lipinski definition) is 2. The molecule has 1 aromatic carbocycles. The fraction of sp³-hybridized carbons (Fsp3) is 0.462. The van der Waals surface area contributed by atoms with Gasteiger partial charge in [0.05, 0.1) is 12.5 Å². The molecule has 86 valence electrons. The van der Waals surface area contributed by atoms with E-state index in [0.29, 0.717) is 12.2 Å². The smallest absolute Gasteiger partial charge is 0.309 e. The van der Waals surface area contributed by atoms with Crippen LogP contribution in [-0.4, -0.2) is 12.6 Å². The standard InChI is InChI=1S/C13H15FO2/c1-2-16-13(15)12-7-11(12)10-5-3-4-9(6-10)8-14/h3-6,11-12H,2,7-8H2,1H3/t11-,12-/m1/s1. The molecule has 2 rings (SSSR count). The summed E-state index contributed by atoms with van der Waals surface area (Å²) in [6.07, 6.45) is 0.828. The summed E-state index contributed by atoms with van der Waals surface area (Å²) in [7, 11) is 0. The lowest BCUT2D eigenvalue weighted by molar-refractivity contribution is -0.144. The summed E-state index contributed by atoms with van der Waals surface area (Å²) in [6, 6.07) is 7.38. The number of halogens is 1. The Morgan fingerprint density at radius 3 is 3.06 bits per heavy atom. The molecule has 0 radical (unpaired) electrons. The SMILES string of the molecule is CCOC(=O)[C@@H]1C[C@@H]1c1cccc(CF)c1. The summed E-state index contributed by atoms with van der Waals surface area (Å²) in [5.74, 6) is 0.0820. The second-order valence-electron chi connectivity index (χ2n) is 4.08. The van der Waals surface area contributed by atoms with E-state index in [4.69, 9.17) is 4.74 Å². The van der Waals surface area contributed by atoms with Crippen molar-refractivity contribution in [1.29, 1.82) is 0 Å². The Morgan fingerprint density at radius 2 is 2.38 bits per heavy atom. The fourth-order valence-electron chi connectivity index (χ4n) is 1.98. The van der Waals surface area contributed by atoms with Gasteiger partial charge >= 0.3 is 5.97 Å². The number of rotatable bonds is 4. The van der Waals surface area contributed by atoms with E-state index in [2.05, 4.69) is 0 Å². The molecule has 3 heteroatoms. The van der Waals surface area contributed by atoms with Crippen molar-refractivity contribution in [3.63, 3.8) is 0 Å². The molecule has 2 atom stereocenters. The Balaban J connectivity index is 2.02. The molecule has 1 fully saturated rings. The highest BCUT2D eigenvalue weighted by atomic mass is 19.1. The average Bonchev–Trinajstić information content (AvgIpc) is 3.09. The minimum absolute atomic E-state index is 0.0187. The molecule has 0 amide bonds. The maximum atomic E-state index is 12.5. The first kappa shape index (κ1) is 11.1. The van der Waals surface area contributed by atoms with E-state index < -0.39 is 6.67 Å². The molecular formula is C13H15FO2. The van der Waals surface area contributed by atoms with Crippen molar-refractivity contribution < 1.29 is 13.9 Å². The maximum absolute atomic E-state index is 12.5. The Bertz CT molecular complexity index is 389. The molecule has 16 heavy (non-hydrogen) atoms.